The maximum absolute atomic E-state index is 13.5. The third kappa shape index (κ3) is 5.10. The van der Waals surface area contributed by atoms with Crippen molar-refractivity contribution >= 4 is 34.3 Å². The minimum Gasteiger partial charge on any atom is -0.368 e. The fraction of sp³-hybridized carbons (Fsp3) is 0.565. The summed E-state index contributed by atoms with van der Waals surface area (Å²) in [5, 5.41) is 3.34. The molecule has 3 saturated heterocycles. The standard InChI is InChI=1S/C23H25F6N5OS/c24-22(25,26)14-1-2-17-16(9-14)19(11-20(31-17)23(27,28)29)33-5-3-32(4-6-33)15-10-18(30-12-15)21(35)34-7-8-36-13-34/h1-2,9,11,15,18,30H,3-8,10,12-13H2/t15-,18-/m0/s1. The molecular weight excluding hydrogens is 508 g/mol. The molecule has 13 heteroatoms. The zero-order chi connectivity index (χ0) is 25.7. The number of amides is 1. The normalized spacial score (nSPS) is 24.2. The molecule has 4 heterocycles. The largest absolute Gasteiger partial charge is 0.433 e. The summed E-state index contributed by atoms with van der Waals surface area (Å²) in [5.41, 5.74) is -2.09. The average molecular weight is 534 g/mol. The van der Waals surface area contributed by atoms with Gasteiger partial charge >= 0.3 is 12.4 Å². The molecule has 1 N–H and O–H groups in total. The van der Waals surface area contributed by atoms with Crippen LogP contribution in [0, 0.1) is 0 Å². The number of nitrogens with one attached hydrogen (secondary N) is 1. The number of anilines is 1. The van der Waals surface area contributed by atoms with Crippen LogP contribution >= 0.6 is 11.8 Å². The zero-order valence-corrected chi connectivity index (χ0v) is 20.0. The fourth-order valence-electron chi connectivity index (χ4n) is 5.11. The Morgan fingerprint density at radius 3 is 2.39 bits per heavy atom. The van der Waals surface area contributed by atoms with Gasteiger partial charge in [-0.05, 0) is 30.7 Å². The maximum Gasteiger partial charge on any atom is 0.433 e. The molecule has 36 heavy (non-hydrogen) atoms. The first-order valence-electron chi connectivity index (χ1n) is 11.7. The number of fused-ring (bicyclic) bond motifs is 1. The molecule has 0 bridgehead atoms. The second kappa shape index (κ2) is 9.56. The third-order valence-electron chi connectivity index (χ3n) is 7.05. The van der Waals surface area contributed by atoms with Crippen molar-refractivity contribution < 1.29 is 31.1 Å². The molecule has 1 aromatic heterocycles. The summed E-state index contributed by atoms with van der Waals surface area (Å²) in [6, 6.07) is 3.34. The number of rotatable bonds is 3. The molecule has 0 saturated carbocycles. The highest BCUT2D eigenvalue weighted by Crippen LogP contribution is 2.38. The van der Waals surface area contributed by atoms with Crippen molar-refractivity contribution in [1.82, 2.24) is 20.1 Å². The Kier molecular flexibility index (Phi) is 6.75. The number of pyridine rings is 1. The lowest BCUT2D eigenvalue weighted by atomic mass is 10.1. The number of carbonyl (C=O) groups excluding carboxylic acids is 1. The molecule has 2 aromatic rings. The lowest BCUT2D eigenvalue weighted by Gasteiger charge is -2.39. The van der Waals surface area contributed by atoms with Crippen LogP contribution in [-0.4, -0.2) is 83.7 Å². The summed E-state index contributed by atoms with van der Waals surface area (Å²) in [4.78, 5) is 22.0. The van der Waals surface area contributed by atoms with Gasteiger partial charge in [-0.3, -0.25) is 9.69 Å². The third-order valence-corrected chi connectivity index (χ3v) is 8.01. The number of halogens is 6. The summed E-state index contributed by atoms with van der Waals surface area (Å²) in [7, 11) is 0. The first-order valence-corrected chi connectivity index (χ1v) is 12.8. The molecule has 3 aliphatic heterocycles. The number of piperazine rings is 1. The van der Waals surface area contributed by atoms with E-state index in [-0.39, 0.29) is 34.6 Å². The van der Waals surface area contributed by atoms with Crippen LogP contribution in [0.4, 0.5) is 32.0 Å². The Morgan fingerprint density at radius 1 is 1.00 bits per heavy atom. The maximum atomic E-state index is 13.5. The molecule has 0 unspecified atom stereocenters. The molecule has 1 aromatic carbocycles. The summed E-state index contributed by atoms with van der Waals surface area (Å²) in [6.45, 7) is 3.15. The van der Waals surface area contributed by atoms with Gasteiger partial charge in [-0.2, -0.15) is 26.3 Å². The minimum atomic E-state index is -4.72. The van der Waals surface area contributed by atoms with Crippen LogP contribution in [0.3, 0.4) is 0 Å². The topological polar surface area (TPSA) is 51.7 Å². The summed E-state index contributed by atoms with van der Waals surface area (Å²) >= 11 is 1.73. The number of aromatic nitrogens is 1. The van der Waals surface area contributed by atoms with Crippen molar-refractivity contribution in [3.63, 3.8) is 0 Å². The van der Waals surface area contributed by atoms with E-state index in [9.17, 15) is 31.1 Å². The van der Waals surface area contributed by atoms with Crippen molar-refractivity contribution in [2.24, 2.45) is 0 Å². The van der Waals surface area contributed by atoms with Gasteiger partial charge in [-0.1, -0.05) is 0 Å². The van der Waals surface area contributed by atoms with E-state index in [1.54, 1.807) is 16.7 Å². The smallest absolute Gasteiger partial charge is 0.368 e. The first-order chi connectivity index (χ1) is 17.0. The number of benzene rings is 1. The van der Waals surface area contributed by atoms with Gasteiger partial charge in [0, 0.05) is 62.1 Å². The van der Waals surface area contributed by atoms with Gasteiger partial charge in [-0.25, -0.2) is 4.98 Å². The second-order valence-electron chi connectivity index (χ2n) is 9.27. The first kappa shape index (κ1) is 25.4. The predicted molar refractivity (Wildman–Crippen MR) is 125 cm³/mol. The van der Waals surface area contributed by atoms with Crippen molar-refractivity contribution in [3.05, 3.63) is 35.5 Å². The zero-order valence-electron chi connectivity index (χ0n) is 19.2. The Bertz CT molecular complexity index is 1130. The number of hydrogen-bond donors (Lipinski definition) is 1. The Labute approximate surface area is 208 Å². The van der Waals surface area contributed by atoms with E-state index in [1.165, 1.54) is 0 Å². The van der Waals surface area contributed by atoms with E-state index in [0.717, 1.165) is 36.6 Å². The van der Waals surface area contributed by atoms with Crippen molar-refractivity contribution in [2.45, 2.75) is 30.9 Å². The Morgan fingerprint density at radius 2 is 1.75 bits per heavy atom. The summed E-state index contributed by atoms with van der Waals surface area (Å²) in [6.07, 6.45) is -8.69. The average Bonchev–Trinajstić information content (AvgIpc) is 3.54. The van der Waals surface area contributed by atoms with Gasteiger partial charge in [0.15, 0.2) is 0 Å². The van der Waals surface area contributed by atoms with Crippen molar-refractivity contribution in [2.75, 3.05) is 55.8 Å². The van der Waals surface area contributed by atoms with Gasteiger partial charge < -0.3 is 15.1 Å². The summed E-state index contributed by atoms with van der Waals surface area (Å²) < 4.78 is 80.5. The minimum absolute atomic E-state index is 0.0444. The fourth-order valence-corrected chi connectivity index (χ4v) is 6.07. The van der Waals surface area contributed by atoms with E-state index in [4.69, 9.17) is 0 Å². The molecule has 3 aliphatic rings. The van der Waals surface area contributed by atoms with E-state index < -0.39 is 23.6 Å². The molecule has 0 spiro atoms. The van der Waals surface area contributed by atoms with E-state index in [0.29, 0.717) is 45.0 Å². The number of thioether (sulfide) groups is 1. The molecule has 6 nitrogen and oxygen atoms in total. The van der Waals surface area contributed by atoms with Crippen LogP contribution < -0.4 is 10.2 Å². The molecule has 196 valence electrons. The van der Waals surface area contributed by atoms with Crippen LogP contribution in [0.1, 0.15) is 17.7 Å². The van der Waals surface area contributed by atoms with Gasteiger partial charge in [0.2, 0.25) is 5.91 Å². The second-order valence-corrected chi connectivity index (χ2v) is 10.3. The molecule has 5 rings (SSSR count). The van der Waals surface area contributed by atoms with Gasteiger partial charge in [0.05, 0.1) is 23.0 Å². The monoisotopic (exact) mass is 533 g/mol. The highest BCUT2D eigenvalue weighted by Gasteiger charge is 2.38. The highest BCUT2D eigenvalue weighted by atomic mass is 32.2. The number of carbonyl (C=O) groups is 1. The van der Waals surface area contributed by atoms with Crippen molar-refractivity contribution in [1.29, 1.82) is 0 Å². The molecule has 3 fully saturated rings. The summed E-state index contributed by atoms with van der Waals surface area (Å²) in [5.74, 6) is 1.74. The molecule has 0 aliphatic carbocycles. The number of nitrogens with zero attached hydrogens (tertiary/aromatic N) is 4. The van der Waals surface area contributed by atoms with E-state index >= 15 is 0 Å². The predicted octanol–water partition coefficient (Wildman–Crippen LogP) is 3.66. The van der Waals surface area contributed by atoms with Crippen LogP contribution in [-0.2, 0) is 17.1 Å². The lowest BCUT2D eigenvalue weighted by Crippen LogP contribution is -2.51. The lowest BCUT2D eigenvalue weighted by molar-refractivity contribution is -0.141. The molecule has 2 atom stereocenters. The van der Waals surface area contributed by atoms with E-state index in [2.05, 4.69) is 15.2 Å². The van der Waals surface area contributed by atoms with Crippen LogP contribution in [0.15, 0.2) is 24.3 Å². The molecule has 1 amide bonds. The van der Waals surface area contributed by atoms with Crippen LogP contribution in [0.5, 0.6) is 0 Å². The van der Waals surface area contributed by atoms with Crippen LogP contribution in [0.2, 0.25) is 0 Å². The SMILES string of the molecule is O=C([C@@H]1C[C@H](N2CCN(c3cc(C(F)(F)F)nc4ccc(C(F)(F)F)cc34)CC2)CN1)N1CCSC1. The Balaban J connectivity index is 1.33. The molecule has 0 radical (unpaired) electrons. The highest BCUT2D eigenvalue weighted by molar-refractivity contribution is 7.99. The quantitative estimate of drug-likeness (QED) is 0.608. The van der Waals surface area contributed by atoms with Crippen molar-refractivity contribution in [3.8, 4) is 0 Å². The van der Waals surface area contributed by atoms with Gasteiger partial charge in [0.25, 0.3) is 0 Å². The number of hydrogen-bond acceptors (Lipinski definition) is 6. The van der Waals surface area contributed by atoms with E-state index in [1.807, 2.05) is 4.90 Å². The Hall–Kier alpha value is -2.25. The number of alkyl halides is 6. The molecular formula is C23H25F6N5OS. The van der Waals surface area contributed by atoms with Crippen LogP contribution in [0.25, 0.3) is 10.9 Å². The van der Waals surface area contributed by atoms with Gasteiger partial charge in [-0.15, -0.1) is 11.8 Å². The van der Waals surface area contributed by atoms with Gasteiger partial charge in [0.1, 0.15) is 5.69 Å².